The first-order valence-electron chi connectivity index (χ1n) is 10.7. The van der Waals surface area contributed by atoms with Crippen molar-refractivity contribution in [2.24, 2.45) is 23.3 Å². The van der Waals surface area contributed by atoms with E-state index in [1.807, 2.05) is 0 Å². The molecule has 1 aromatic carbocycles. The number of aliphatic hydroxyl groups excluding tert-OH is 2. The summed E-state index contributed by atoms with van der Waals surface area (Å²) in [6.45, 7) is 0. The first-order chi connectivity index (χ1) is 16.5. The fraction of sp³-hybridized carbons (Fsp3) is 0.250. The molecule has 2 amide bonds. The van der Waals surface area contributed by atoms with Gasteiger partial charge in [-0.15, -0.1) is 0 Å². The largest absolute Gasteiger partial charge is 0.511 e. The van der Waals surface area contributed by atoms with Crippen LogP contribution in [-0.2, 0) is 16.0 Å². The van der Waals surface area contributed by atoms with Gasteiger partial charge in [0.25, 0.3) is 11.8 Å². The molecule has 8 N–H and O–H groups in total. The molecule has 2 aromatic rings. The van der Waals surface area contributed by atoms with E-state index in [1.54, 1.807) is 6.07 Å². The number of allylic oxidation sites excluding steroid dienone is 2. The molecule has 0 bridgehead atoms. The molecule has 11 nitrogen and oxygen atoms in total. The maximum Gasteiger partial charge on any atom is 0.255 e. The lowest BCUT2D eigenvalue weighted by molar-refractivity contribution is -0.144. The molecule has 180 valence electrons. The van der Waals surface area contributed by atoms with Crippen LogP contribution in [0.25, 0.3) is 11.3 Å². The van der Waals surface area contributed by atoms with Gasteiger partial charge < -0.3 is 36.3 Å². The molecule has 0 aliphatic heterocycles. The van der Waals surface area contributed by atoms with Crippen LogP contribution in [0, 0.1) is 11.8 Å². The van der Waals surface area contributed by atoms with E-state index in [2.05, 4.69) is 0 Å². The monoisotopic (exact) mass is 480 g/mol. The summed E-state index contributed by atoms with van der Waals surface area (Å²) in [5.74, 6) is -7.94. The number of fused-ring (bicyclic) bond motifs is 3. The van der Waals surface area contributed by atoms with E-state index in [9.17, 15) is 39.6 Å². The maximum atomic E-state index is 13.6. The van der Waals surface area contributed by atoms with Crippen LogP contribution in [0.3, 0.4) is 0 Å². The molecule has 0 fully saturated rings. The number of amides is 2. The van der Waals surface area contributed by atoms with Crippen molar-refractivity contribution in [3.63, 3.8) is 0 Å². The molecule has 0 spiro atoms. The van der Waals surface area contributed by atoms with Gasteiger partial charge in [0.05, 0.1) is 23.0 Å². The lowest BCUT2D eigenvalue weighted by atomic mass is 9.60. The quantitative estimate of drug-likeness (QED) is 0.344. The van der Waals surface area contributed by atoms with Crippen molar-refractivity contribution in [3.8, 4) is 17.1 Å². The Kier molecular flexibility index (Phi) is 4.68. The molecule has 35 heavy (non-hydrogen) atoms. The average Bonchev–Trinajstić information content (AvgIpc) is 3.26. The standard InChI is InChI=1S/C24H20N2O9/c25-22(32)12-3-4-35-19(12)11-2-1-8-5-9-6-10-7-13(27)16(23(26)33)21(31)24(10,34)20(30)15(9)18(29)14(8)17(11)28/h1-4,9-10,27-28,30,34H,5-7H2,(H2,25,32)(H2,26,33)/t9-,10-,24-/m0/s1. The highest BCUT2D eigenvalue weighted by Gasteiger charge is 2.59. The van der Waals surface area contributed by atoms with Crippen molar-refractivity contribution in [1.29, 1.82) is 0 Å². The number of aliphatic hydroxyl groups is 3. The SMILES string of the molecule is NC(=O)C1=C(O)C[C@@H]2C[C@@H]3Cc4ccc(-c5occc5C(N)=O)c(O)c4C(=O)C3=C(O)[C@]2(O)C1=O. The van der Waals surface area contributed by atoms with Gasteiger partial charge in [-0.1, -0.05) is 6.07 Å². The zero-order chi connectivity index (χ0) is 25.4. The van der Waals surface area contributed by atoms with Gasteiger partial charge >= 0.3 is 0 Å². The average molecular weight is 480 g/mol. The molecule has 0 unspecified atom stereocenters. The first-order valence-corrected chi connectivity index (χ1v) is 10.7. The number of furan rings is 1. The van der Waals surface area contributed by atoms with Crippen molar-refractivity contribution in [1.82, 2.24) is 0 Å². The van der Waals surface area contributed by atoms with E-state index < -0.39 is 63.7 Å². The fourth-order valence-corrected chi connectivity index (χ4v) is 5.49. The zero-order valence-electron chi connectivity index (χ0n) is 18.1. The Morgan fingerprint density at radius 1 is 1.03 bits per heavy atom. The van der Waals surface area contributed by atoms with E-state index in [0.717, 1.165) is 0 Å². The summed E-state index contributed by atoms with van der Waals surface area (Å²) in [5, 5.41) is 43.5. The summed E-state index contributed by atoms with van der Waals surface area (Å²) in [7, 11) is 0. The Morgan fingerprint density at radius 3 is 2.40 bits per heavy atom. The molecular weight excluding hydrogens is 460 g/mol. The number of carbonyl (C=O) groups is 4. The molecule has 3 atom stereocenters. The van der Waals surface area contributed by atoms with Crippen LogP contribution in [0.4, 0.5) is 0 Å². The van der Waals surface area contributed by atoms with Gasteiger partial charge in [0.2, 0.25) is 5.78 Å². The minimum atomic E-state index is -2.64. The summed E-state index contributed by atoms with van der Waals surface area (Å²) in [5.41, 5.74) is 7.03. The van der Waals surface area contributed by atoms with Gasteiger partial charge in [-0.2, -0.15) is 0 Å². The van der Waals surface area contributed by atoms with Crippen LogP contribution >= 0.6 is 0 Å². The number of phenols is 1. The van der Waals surface area contributed by atoms with Crippen LogP contribution < -0.4 is 11.5 Å². The van der Waals surface area contributed by atoms with Gasteiger partial charge in [-0.25, -0.2) is 0 Å². The molecule has 5 rings (SSSR count). The van der Waals surface area contributed by atoms with Gasteiger partial charge in [0, 0.05) is 17.9 Å². The van der Waals surface area contributed by atoms with Crippen LogP contribution in [0.5, 0.6) is 5.75 Å². The number of rotatable bonds is 3. The highest BCUT2D eigenvalue weighted by molar-refractivity contribution is 6.24. The van der Waals surface area contributed by atoms with Crippen molar-refractivity contribution in [2.75, 3.05) is 0 Å². The van der Waals surface area contributed by atoms with E-state index in [-0.39, 0.29) is 47.3 Å². The Hall–Kier alpha value is -4.38. The molecule has 0 saturated carbocycles. The minimum absolute atomic E-state index is 0.0134. The third kappa shape index (κ3) is 2.88. The molecular formula is C24H20N2O9. The fourth-order valence-electron chi connectivity index (χ4n) is 5.49. The number of hydrogen-bond donors (Lipinski definition) is 6. The summed E-state index contributed by atoms with van der Waals surface area (Å²) in [6, 6.07) is 4.35. The highest BCUT2D eigenvalue weighted by Crippen LogP contribution is 2.52. The van der Waals surface area contributed by atoms with E-state index in [0.29, 0.717) is 5.56 Å². The third-order valence-corrected chi connectivity index (χ3v) is 7.11. The van der Waals surface area contributed by atoms with Crippen LogP contribution in [0.1, 0.15) is 39.1 Å². The normalized spacial score (nSPS) is 25.7. The third-order valence-electron chi connectivity index (χ3n) is 7.11. The topological polar surface area (TPSA) is 214 Å². The van der Waals surface area contributed by atoms with Crippen molar-refractivity contribution in [3.05, 3.63) is 63.8 Å². The number of aromatic hydroxyl groups is 1. The molecule has 3 aliphatic carbocycles. The maximum absolute atomic E-state index is 13.6. The molecule has 11 heteroatoms. The number of nitrogens with two attached hydrogens (primary N) is 2. The molecule has 1 aromatic heterocycles. The predicted octanol–water partition coefficient (Wildman–Crippen LogP) is 0.939. The number of Topliss-reactive ketones (excluding diaryl/α,β-unsaturated/α-hetero) is 2. The minimum Gasteiger partial charge on any atom is -0.511 e. The lowest BCUT2D eigenvalue weighted by Crippen LogP contribution is -2.57. The van der Waals surface area contributed by atoms with E-state index >= 15 is 0 Å². The highest BCUT2D eigenvalue weighted by atomic mass is 16.3. The van der Waals surface area contributed by atoms with Gasteiger partial charge in [-0.3, -0.25) is 19.2 Å². The summed E-state index contributed by atoms with van der Waals surface area (Å²) < 4.78 is 5.30. The van der Waals surface area contributed by atoms with Crippen molar-refractivity contribution >= 4 is 23.4 Å². The summed E-state index contributed by atoms with van der Waals surface area (Å²) >= 11 is 0. The number of benzene rings is 1. The number of primary amides is 2. The summed E-state index contributed by atoms with van der Waals surface area (Å²) in [6.07, 6.45) is 1.11. The molecule has 3 aliphatic rings. The molecule has 0 saturated heterocycles. The van der Waals surface area contributed by atoms with E-state index in [4.69, 9.17) is 15.9 Å². The van der Waals surface area contributed by atoms with Crippen molar-refractivity contribution in [2.45, 2.75) is 24.9 Å². The Labute approximate surface area is 196 Å². The van der Waals surface area contributed by atoms with Crippen LogP contribution in [0.2, 0.25) is 0 Å². The predicted molar refractivity (Wildman–Crippen MR) is 117 cm³/mol. The van der Waals surface area contributed by atoms with E-state index in [1.165, 1.54) is 18.4 Å². The molecule has 1 heterocycles. The smallest absolute Gasteiger partial charge is 0.255 e. The lowest BCUT2D eigenvalue weighted by Gasteiger charge is -2.45. The zero-order valence-corrected chi connectivity index (χ0v) is 18.1. The van der Waals surface area contributed by atoms with Gasteiger partial charge in [0.15, 0.2) is 11.4 Å². The Bertz CT molecular complexity index is 1430. The number of phenolic OH excluding ortho intramolecular Hbond substituents is 1. The summed E-state index contributed by atoms with van der Waals surface area (Å²) in [4.78, 5) is 49.9. The second-order valence-corrected chi connectivity index (χ2v) is 8.93. The van der Waals surface area contributed by atoms with Crippen LogP contribution in [0.15, 0.2) is 51.5 Å². The second kappa shape index (κ2) is 7.31. The van der Waals surface area contributed by atoms with Gasteiger partial charge in [-0.05, 0) is 36.5 Å². The number of carbonyl (C=O) groups excluding carboxylic acids is 4. The van der Waals surface area contributed by atoms with Crippen LogP contribution in [-0.4, -0.2) is 49.4 Å². The number of hydrogen-bond acceptors (Lipinski definition) is 9. The van der Waals surface area contributed by atoms with Gasteiger partial charge in [0.1, 0.15) is 28.6 Å². The second-order valence-electron chi connectivity index (χ2n) is 8.93. The van der Waals surface area contributed by atoms with Crippen molar-refractivity contribution < 1.29 is 44.0 Å². The first kappa shape index (κ1) is 22.4. The Morgan fingerprint density at radius 2 is 1.74 bits per heavy atom. The Balaban J connectivity index is 1.66. The number of ketones is 2. The molecule has 0 radical (unpaired) electrons.